The molecular formula is C11H14N2O2. The van der Waals surface area contributed by atoms with Crippen molar-refractivity contribution in [1.29, 1.82) is 0 Å². The van der Waals surface area contributed by atoms with E-state index in [-0.39, 0.29) is 6.04 Å². The molecule has 1 N–H and O–H groups in total. The van der Waals surface area contributed by atoms with Gasteiger partial charge in [0.1, 0.15) is 11.5 Å². The van der Waals surface area contributed by atoms with Crippen molar-refractivity contribution in [2.45, 2.75) is 19.9 Å². The van der Waals surface area contributed by atoms with Gasteiger partial charge in [-0.25, -0.2) is 4.98 Å². The molecule has 0 aliphatic carbocycles. The third-order valence-corrected chi connectivity index (χ3v) is 2.33. The fourth-order valence-electron chi connectivity index (χ4n) is 1.29. The Balaban J connectivity index is 2.27. The molecule has 80 valence electrons. The molecule has 0 amide bonds. The van der Waals surface area contributed by atoms with Crippen molar-refractivity contribution in [1.82, 2.24) is 10.3 Å². The number of aromatic nitrogens is 1. The zero-order chi connectivity index (χ0) is 10.8. The lowest BCUT2D eigenvalue weighted by Gasteiger charge is -2.03. The van der Waals surface area contributed by atoms with Crippen LogP contribution in [0.1, 0.15) is 24.5 Å². The number of hydrogen-bond donors (Lipinski definition) is 1. The van der Waals surface area contributed by atoms with Gasteiger partial charge in [-0.05, 0) is 33.0 Å². The maximum Gasteiger partial charge on any atom is 0.263 e. The molecular weight excluding hydrogens is 192 g/mol. The Morgan fingerprint density at radius 1 is 1.33 bits per heavy atom. The van der Waals surface area contributed by atoms with Gasteiger partial charge in [0.05, 0.1) is 12.2 Å². The van der Waals surface area contributed by atoms with Crippen LogP contribution in [0.5, 0.6) is 0 Å². The molecule has 2 aromatic heterocycles. The van der Waals surface area contributed by atoms with Crippen LogP contribution in [0.4, 0.5) is 0 Å². The first kappa shape index (κ1) is 9.98. The highest BCUT2D eigenvalue weighted by Crippen LogP contribution is 2.23. The van der Waals surface area contributed by atoms with Gasteiger partial charge in [-0.2, -0.15) is 0 Å². The van der Waals surface area contributed by atoms with Crippen molar-refractivity contribution in [3.05, 3.63) is 29.9 Å². The van der Waals surface area contributed by atoms with Crippen LogP contribution in [0, 0.1) is 6.92 Å². The Bertz CT molecular complexity index is 445. The van der Waals surface area contributed by atoms with Crippen LogP contribution >= 0.6 is 0 Å². The topological polar surface area (TPSA) is 51.2 Å². The van der Waals surface area contributed by atoms with Gasteiger partial charge in [-0.1, -0.05) is 0 Å². The molecule has 0 radical (unpaired) electrons. The quantitative estimate of drug-likeness (QED) is 0.838. The first-order valence-electron chi connectivity index (χ1n) is 4.90. The fraction of sp³-hybridized carbons (Fsp3) is 0.364. The predicted molar refractivity (Wildman–Crippen MR) is 56.4 cm³/mol. The van der Waals surface area contributed by atoms with Crippen molar-refractivity contribution in [2.24, 2.45) is 0 Å². The van der Waals surface area contributed by atoms with E-state index in [1.807, 2.05) is 33.0 Å². The summed E-state index contributed by atoms with van der Waals surface area (Å²) >= 11 is 0. The molecule has 0 aliphatic rings. The Kier molecular flexibility index (Phi) is 2.60. The molecule has 1 atom stereocenters. The van der Waals surface area contributed by atoms with Gasteiger partial charge < -0.3 is 14.2 Å². The minimum atomic E-state index is 0.155. The highest BCUT2D eigenvalue weighted by Gasteiger charge is 2.13. The van der Waals surface area contributed by atoms with Gasteiger partial charge >= 0.3 is 0 Å². The standard InChI is InChI=1S/C11H14N2O2/c1-7-4-5-9(14-7)11-13-6-10(15-11)8(2)12-3/h4-6,8,12H,1-3H3. The molecule has 15 heavy (non-hydrogen) atoms. The molecule has 0 spiro atoms. The second-order valence-electron chi connectivity index (χ2n) is 3.49. The van der Waals surface area contributed by atoms with Gasteiger partial charge in [0.15, 0.2) is 5.76 Å². The molecule has 2 aromatic rings. The van der Waals surface area contributed by atoms with Crippen molar-refractivity contribution >= 4 is 0 Å². The fourth-order valence-corrected chi connectivity index (χ4v) is 1.29. The number of hydrogen-bond acceptors (Lipinski definition) is 4. The van der Waals surface area contributed by atoms with Crippen LogP contribution in [-0.2, 0) is 0 Å². The Morgan fingerprint density at radius 2 is 2.13 bits per heavy atom. The molecule has 4 heteroatoms. The first-order chi connectivity index (χ1) is 7.20. The van der Waals surface area contributed by atoms with Crippen molar-refractivity contribution < 1.29 is 8.83 Å². The van der Waals surface area contributed by atoms with E-state index in [0.29, 0.717) is 11.7 Å². The Morgan fingerprint density at radius 3 is 2.73 bits per heavy atom. The number of oxazole rings is 1. The van der Waals surface area contributed by atoms with E-state index >= 15 is 0 Å². The molecule has 1 unspecified atom stereocenters. The van der Waals surface area contributed by atoms with Crippen LogP contribution in [0.3, 0.4) is 0 Å². The van der Waals surface area contributed by atoms with Crippen molar-refractivity contribution in [3.8, 4) is 11.7 Å². The molecule has 0 aromatic carbocycles. The third-order valence-electron chi connectivity index (χ3n) is 2.33. The average Bonchev–Trinajstić information content (AvgIpc) is 2.84. The summed E-state index contributed by atoms with van der Waals surface area (Å²) in [5.41, 5.74) is 0. The van der Waals surface area contributed by atoms with Crippen LogP contribution in [0.15, 0.2) is 27.2 Å². The molecule has 0 saturated carbocycles. The van der Waals surface area contributed by atoms with E-state index in [9.17, 15) is 0 Å². The molecule has 0 bridgehead atoms. The lowest BCUT2D eigenvalue weighted by Crippen LogP contribution is -2.11. The number of rotatable bonds is 3. The molecule has 2 heterocycles. The van der Waals surface area contributed by atoms with Gasteiger partial charge in [0.25, 0.3) is 5.89 Å². The van der Waals surface area contributed by atoms with Gasteiger partial charge in [-0.3, -0.25) is 0 Å². The van der Waals surface area contributed by atoms with Crippen LogP contribution in [0.25, 0.3) is 11.7 Å². The SMILES string of the molecule is CNC(C)c1cnc(-c2ccc(C)o2)o1. The van der Waals surface area contributed by atoms with E-state index in [0.717, 1.165) is 11.5 Å². The summed E-state index contributed by atoms with van der Waals surface area (Å²) in [4.78, 5) is 4.17. The normalized spacial score (nSPS) is 13.0. The summed E-state index contributed by atoms with van der Waals surface area (Å²) in [5.74, 6) is 2.86. The maximum absolute atomic E-state index is 5.57. The van der Waals surface area contributed by atoms with E-state index in [2.05, 4.69) is 10.3 Å². The largest absolute Gasteiger partial charge is 0.456 e. The summed E-state index contributed by atoms with van der Waals surface area (Å²) in [6.07, 6.45) is 1.72. The van der Waals surface area contributed by atoms with Crippen LogP contribution < -0.4 is 5.32 Å². The van der Waals surface area contributed by atoms with Crippen LogP contribution in [0.2, 0.25) is 0 Å². The number of aryl methyl sites for hydroxylation is 1. The Hall–Kier alpha value is -1.55. The van der Waals surface area contributed by atoms with Crippen LogP contribution in [-0.4, -0.2) is 12.0 Å². The van der Waals surface area contributed by atoms with E-state index < -0.39 is 0 Å². The number of furan rings is 1. The van der Waals surface area contributed by atoms with Crippen molar-refractivity contribution in [2.75, 3.05) is 7.05 Å². The summed E-state index contributed by atoms with van der Waals surface area (Å²) in [6, 6.07) is 3.90. The van der Waals surface area contributed by atoms with Gasteiger partial charge in [0.2, 0.25) is 0 Å². The van der Waals surface area contributed by atoms with Crippen molar-refractivity contribution in [3.63, 3.8) is 0 Å². The highest BCUT2D eigenvalue weighted by molar-refractivity contribution is 5.44. The third kappa shape index (κ3) is 1.94. The zero-order valence-corrected chi connectivity index (χ0v) is 9.07. The molecule has 0 saturated heterocycles. The van der Waals surface area contributed by atoms with E-state index in [1.54, 1.807) is 6.20 Å². The lowest BCUT2D eigenvalue weighted by atomic mass is 10.3. The second kappa shape index (κ2) is 3.90. The number of nitrogens with zero attached hydrogens (tertiary/aromatic N) is 1. The zero-order valence-electron chi connectivity index (χ0n) is 9.07. The molecule has 0 aliphatic heterocycles. The monoisotopic (exact) mass is 206 g/mol. The summed E-state index contributed by atoms with van der Waals surface area (Å²) < 4.78 is 11.0. The van der Waals surface area contributed by atoms with E-state index in [1.165, 1.54) is 0 Å². The first-order valence-corrected chi connectivity index (χ1v) is 4.90. The number of nitrogens with one attached hydrogen (secondary N) is 1. The summed E-state index contributed by atoms with van der Waals surface area (Å²) in [5, 5.41) is 3.09. The minimum absolute atomic E-state index is 0.155. The Labute approximate surface area is 88.3 Å². The minimum Gasteiger partial charge on any atom is -0.456 e. The average molecular weight is 206 g/mol. The molecule has 2 rings (SSSR count). The van der Waals surface area contributed by atoms with E-state index in [4.69, 9.17) is 8.83 Å². The molecule has 0 fully saturated rings. The molecule has 4 nitrogen and oxygen atoms in total. The summed E-state index contributed by atoms with van der Waals surface area (Å²) in [6.45, 7) is 3.90. The summed E-state index contributed by atoms with van der Waals surface area (Å²) in [7, 11) is 1.88. The highest BCUT2D eigenvalue weighted by atomic mass is 16.4. The smallest absolute Gasteiger partial charge is 0.263 e. The maximum atomic E-state index is 5.57. The van der Waals surface area contributed by atoms with Gasteiger partial charge in [0, 0.05) is 0 Å². The van der Waals surface area contributed by atoms with Gasteiger partial charge in [-0.15, -0.1) is 0 Å². The second-order valence-corrected chi connectivity index (χ2v) is 3.49. The lowest BCUT2D eigenvalue weighted by molar-refractivity contribution is 0.439. The predicted octanol–water partition coefficient (Wildman–Crippen LogP) is 2.52.